The van der Waals surface area contributed by atoms with Gasteiger partial charge in [0.1, 0.15) is 0 Å². The standard InChI is InChI=1S/C28H31NO2/c1-5-31-26(30)20-25(21-16-18-24(19-17-21)28(2,3)4)29-27(22-12-8-6-9-13-22)23-14-10-7-11-15-23/h6-19,25H,5,20H2,1-4H3. The fraction of sp³-hybridized carbons (Fsp3) is 0.286. The van der Waals surface area contributed by atoms with E-state index in [1.165, 1.54) is 5.56 Å². The fourth-order valence-electron chi connectivity index (χ4n) is 3.48. The van der Waals surface area contributed by atoms with Gasteiger partial charge >= 0.3 is 5.97 Å². The van der Waals surface area contributed by atoms with Crippen LogP contribution in [-0.4, -0.2) is 18.3 Å². The maximum atomic E-state index is 12.4. The summed E-state index contributed by atoms with van der Waals surface area (Å²) < 4.78 is 5.26. The first-order valence-electron chi connectivity index (χ1n) is 10.8. The van der Waals surface area contributed by atoms with E-state index in [-0.39, 0.29) is 23.8 Å². The van der Waals surface area contributed by atoms with E-state index in [2.05, 4.69) is 69.3 Å². The second-order valence-electron chi connectivity index (χ2n) is 8.61. The van der Waals surface area contributed by atoms with E-state index in [0.717, 1.165) is 22.4 Å². The smallest absolute Gasteiger partial charge is 0.308 e. The molecule has 0 N–H and O–H groups in total. The number of hydrogen-bond donors (Lipinski definition) is 0. The Kier molecular flexibility index (Phi) is 7.41. The van der Waals surface area contributed by atoms with Crippen LogP contribution in [0.3, 0.4) is 0 Å². The third kappa shape index (κ3) is 6.14. The van der Waals surface area contributed by atoms with Crippen LogP contribution in [-0.2, 0) is 14.9 Å². The van der Waals surface area contributed by atoms with Gasteiger partial charge in [-0.2, -0.15) is 0 Å². The Hall–Kier alpha value is -3.20. The average Bonchev–Trinajstić information content (AvgIpc) is 2.77. The molecule has 0 heterocycles. The topological polar surface area (TPSA) is 38.7 Å². The summed E-state index contributed by atoms with van der Waals surface area (Å²) in [6.45, 7) is 8.77. The van der Waals surface area contributed by atoms with Crippen LogP contribution in [0.4, 0.5) is 0 Å². The van der Waals surface area contributed by atoms with E-state index in [0.29, 0.717) is 6.61 Å². The SMILES string of the molecule is CCOC(=O)CC(N=C(c1ccccc1)c1ccccc1)c1ccc(C(C)(C)C)cc1. The molecule has 31 heavy (non-hydrogen) atoms. The van der Waals surface area contributed by atoms with Gasteiger partial charge in [0.05, 0.1) is 24.8 Å². The summed E-state index contributed by atoms with van der Waals surface area (Å²) in [6.07, 6.45) is 0.200. The highest BCUT2D eigenvalue weighted by molar-refractivity contribution is 6.13. The monoisotopic (exact) mass is 413 g/mol. The average molecular weight is 414 g/mol. The zero-order valence-electron chi connectivity index (χ0n) is 18.8. The fourth-order valence-corrected chi connectivity index (χ4v) is 3.48. The summed E-state index contributed by atoms with van der Waals surface area (Å²) in [4.78, 5) is 17.5. The van der Waals surface area contributed by atoms with Crippen molar-refractivity contribution in [2.75, 3.05) is 6.61 Å². The van der Waals surface area contributed by atoms with E-state index >= 15 is 0 Å². The van der Waals surface area contributed by atoms with Crippen LogP contribution in [0.2, 0.25) is 0 Å². The third-order valence-corrected chi connectivity index (χ3v) is 5.21. The highest BCUT2D eigenvalue weighted by Crippen LogP contribution is 2.28. The lowest BCUT2D eigenvalue weighted by Gasteiger charge is -2.21. The lowest BCUT2D eigenvalue weighted by molar-refractivity contribution is -0.143. The van der Waals surface area contributed by atoms with E-state index < -0.39 is 0 Å². The molecule has 0 aliphatic heterocycles. The Labute approximate surface area is 185 Å². The molecule has 3 rings (SSSR count). The van der Waals surface area contributed by atoms with Gasteiger partial charge in [0.2, 0.25) is 0 Å². The number of nitrogens with zero attached hydrogens (tertiary/aromatic N) is 1. The van der Waals surface area contributed by atoms with Gasteiger partial charge in [-0.25, -0.2) is 0 Å². The van der Waals surface area contributed by atoms with Crippen molar-refractivity contribution in [2.24, 2.45) is 4.99 Å². The second kappa shape index (κ2) is 10.2. The largest absolute Gasteiger partial charge is 0.466 e. The van der Waals surface area contributed by atoms with E-state index in [9.17, 15) is 4.79 Å². The molecule has 3 aromatic rings. The lowest BCUT2D eigenvalue weighted by atomic mass is 9.86. The molecule has 0 saturated carbocycles. The first kappa shape index (κ1) is 22.5. The zero-order chi connectivity index (χ0) is 22.3. The van der Waals surface area contributed by atoms with Crippen molar-refractivity contribution in [2.45, 2.75) is 45.6 Å². The van der Waals surface area contributed by atoms with Crippen molar-refractivity contribution in [1.29, 1.82) is 0 Å². The highest BCUT2D eigenvalue weighted by atomic mass is 16.5. The van der Waals surface area contributed by atoms with Crippen LogP contribution < -0.4 is 0 Å². The molecular formula is C28H31NO2. The molecule has 3 aromatic carbocycles. The number of ether oxygens (including phenoxy) is 1. The molecule has 0 aliphatic rings. The molecule has 3 heteroatoms. The number of esters is 1. The van der Waals surface area contributed by atoms with Gasteiger partial charge in [0.25, 0.3) is 0 Å². The van der Waals surface area contributed by atoms with Gasteiger partial charge in [0, 0.05) is 11.1 Å². The maximum absolute atomic E-state index is 12.4. The molecule has 0 spiro atoms. The van der Waals surface area contributed by atoms with E-state index in [1.807, 2.05) is 43.3 Å². The zero-order valence-corrected chi connectivity index (χ0v) is 18.8. The van der Waals surface area contributed by atoms with Crippen LogP contribution >= 0.6 is 0 Å². The van der Waals surface area contributed by atoms with E-state index in [1.54, 1.807) is 0 Å². The normalized spacial score (nSPS) is 12.1. The number of aliphatic imine (C=N–C) groups is 1. The van der Waals surface area contributed by atoms with Crippen LogP contribution in [0, 0.1) is 0 Å². The van der Waals surface area contributed by atoms with Crippen molar-refractivity contribution in [1.82, 2.24) is 0 Å². The molecule has 3 nitrogen and oxygen atoms in total. The summed E-state index contributed by atoms with van der Waals surface area (Å²) in [5, 5.41) is 0. The molecular weight excluding hydrogens is 382 g/mol. The molecule has 0 radical (unpaired) electrons. The number of benzene rings is 3. The summed E-state index contributed by atoms with van der Waals surface area (Å²) in [6, 6.07) is 28.3. The summed E-state index contributed by atoms with van der Waals surface area (Å²) in [7, 11) is 0. The van der Waals surface area contributed by atoms with Gasteiger partial charge < -0.3 is 4.74 Å². The van der Waals surface area contributed by atoms with Crippen molar-refractivity contribution < 1.29 is 9.53 Å². The van der Waals surface area contributed by atoms with Gasteiger partial charge in [-0.3, -0.25) is 9.79 Å². The predicted octanol–water partition coefficient (Wildman–Crippen LogP) is 6.52. The Bertz CT molecular complexity index is 959. The summed E-state index contributed by atoms with van der Waals surface area (Å²) in [5.41, 5.74) is 5.24. The highest BCUT2D eigenvalue weighted by Gasteiger charge is 2.20. The van der Waals surface area contributed by atoms with Crippen LogP contribution in [0.5, 0.6) is 0 Å². The number of hydrogen-bond acceptors (Lipinski definition) is 3. The molecule has 0 amide bonds. The molecule has 0 aliphatic carbocycles. The molecule has 0 bridgehead atoms. The molecule has 0 saturated heterocycles. The van der Waals surface area contributed by atoms with Gasteiger partial charge in [-0.15, -0.1) is 0 Å². The van der Waals surface area contributed by atoms with E-state index in [4.69, 9.17) is 9.73 Å². The Morgan fingerprint density at radius 2 is 1.35 bits per heavy atom. The second-order valence-corrected chi connectivity index (χ2v) is 8.61. The molecule has 160 valence electrons. The van der Waals surface area contributed by atoms with Crippen LogP contribution in [0.1, 0.15) is 62.4 Å². The quantitative estimate of drug-likeness (QED) is 0.327. The Morgan fingerprint density at radius 1 is 0.839 bits per heavy atom. The van der Waals surface area contributed by atoms with Crippen molar-refractivity contribution in [3.8, 4) is 0 Å². The first-order chi connectivity index (χ1) is 14.9. The number of carbonyl (C=O) groups excluding carboxylic acids is 1. The van der Waals surface area contributed by atoms with Gasteiger partial charge in [-0.1, -0.05) is 106 Å². The molecule has 1 atom stereocenters. The Balaban J connectivity index is 2.07. The molecule has 0 fully saturated rings. The number of rotatable bonds is 7. The van der Waals surface area contributed by atoms with Crippen molar-refractivity contribution in [3.05, 3.63) is 107 Å². The number of carbonyl (C=O) groups is 1. The van der Waals surface area contributed by atoms with Crippen molar-refractivity contribution >= 4 is 11.7 Å². The van der Waals surface area contributed by atoms with Crippen LogP contribution in [0.15, 0.2) is 89.9 Å². The minimum atomic E-state index is -0.330. The molecule has 0 aromatic heterocycles. The summed E-state index contributed by atoms with van der Waals surface area (Å²) >= 11 is 0. The lowest BCUT2D eigenvalue weighted by Crippen LogP contribution is -2.14. The third-order valence-electron chi connectivity index (χ3n) is 5.21. The first-order valence-corrected chi connectivity index (χ1v) is 10.8. The predicted molar refractivity (Wildman–Crippen MR) is 128 cm³/mol. The van der Waals surface area contributed by atoms with Crippen molar-refractivity contribution in [3.63, 3.8) is 0 Å². The molecule has 1 unspecified atom stereocenters. The van der Waals surface area contributed by atoms with Gasteiger partial charge in [0.15, 0.2) is 0 Å². The Morgan fingerprint density at radius 3 is 1.81 bits per heavy atom. The summed E-state index contributed by atoms with van der Waals surface area (Å²) in [5.74, 6) is -0.239. The minimum Gasteiger partial charge on any atom is -0.466 e. The maximum Gasteiger partial charge on any atom is 0.308 e. The van der Waals surface area contributed by atoms with Crippen LogP contribution in [0.25, 0.3) is 0 Å². The minimum absolute atomic E-state index is 0.0671. The van der Waals surface area contributed by atoms with Gasteiger partial charge in [-0.05, 0) is 23.5 Å².